The molecule has 2 N–H and O–H groups in total. The Morgan fingerprint density at radius 1 is 0.654 bits per heavy atom. The molecule has 9 heteroatoms. The van der Waals surface area contributed by atoms with Gasteiger partial charge in [0.05, 0.1) is 14.2 Å². The maximum atomic E-state index is 9.70. The van der Waals surface area contributed by atoms with Gasteiger partial charge in [0.15, 0.2) is 0 Å². The van der Waals surface area contributed by atoms with Crippen LogP contribution in [0.15, 0.2) is 0 Å². The van der Waals surface area contributed by atoms with Gasteiger partial charge in [0.1, 0.15) is 0 Å². The molecule has 0 atom stereocenters. The van der Waals surface area contributed by atoms with Crippen LogP contribution in [0.4, 0.5) is 0 Å². The van der Waals surface area contributed by atoms with Crippen LogP contribution in [0.25, 0.3) is 0 Å². The number of nitrogens with one attached hydrogen (secondary N) is 2. The molecule has 26 heavy (non-hydrogen) atoms. The Hall–Kier alpha value is -2.16. The third-order valence-corrected chi connectivity index (χ3v) is 1.28. The van der Waals surface area contributed by atoms with Crippen LogP contribution in [-0.2, 0) is 33.4 Å². The first-order valence-corrected chi connectivity index (χ1v) is 7.77. The van der Waals surface area contributed by atoms with Crippen LogP contribution < -0.4 is 10.6 Å². The van der Waals surface area contributed by atoms with E-state index in [2.05, 4.69) is 38.7 Å². The van der Waals surface area contributed by atoms with E-state index in [1.807, 2.05) is 0 Å². The number of ether oxygens (including phenoxy) is 3. The van der Waals surface area contributed by atoms with Crippen molar-refractivity contribution in [3.63, 3.8) is 0 Å². The van der Waals surface area contributed by atoms with E-state index < -0.39 is 0 Å². The summed E-state index contributed by atoms with van der Waals surface area (Å²) in [6, 6.07) is 0. The highest BCUT2D eigenvalue weighted by Gasteiger charge is 1.76. The number of rotatable bonds is 0. The smallest absolute Gasteiger partial charge is 0.302 e. The molecule has 0 saturated heterocycles. The number of amides is 2. The number of carbonyl (C=O) groups excluding carboxylic acids is 4. The van der Waals surface area contributed by atoms with Crippen molar-refractivity contribution >= 4 is 23.8 Å². The maximum Gasteiger partial charge on any atom is 0.302 e. The van der Waals surface area contributed by atoms with Crippen molar-refractivity contribution in [3.05, 3.63) is 0 Å². The van der Waals surface area contributed by atoms with Gasteiger partial charge in [-0.15, -0.1) is 0 Å². The van der Waals surface area contributed by atoms with Gasteiger partial charge in [0.2, 0.25) is 11.8 Å². The van der Waals surface area contributed by atoms with E-state index in [-0.39, 0.29) is 23.8 Å². The molecule has 0 unspecified atom stereocenters. The fourth-order valence-corrected chi connectivity index (χ4v) is 0. The minimum atomic E-state index is -0.245. The molecule has 9 nitrogen and oxygen atoms in total. The summed E-state index contributed by atoms with van der Waals surface area (Å²) in [5.41, 5.74) is 0. The molecule has 0 aromatic carbocycles. The Labute approximate surface area is 159 Å². The molecule has 0 fully saturated rings. The van der Waals surface area contributed by atoms with Crippen LogP contribution in [0.2, 0.25) is 0 Å². The monoisotopic (exact) mass is 384 g/mol. The summed E-state index contributed by atoms with van der Waals surface area (Å²) in [5.74, 6) is -0.481. The summed E-state index contributed by atoms with van der Waals surface area (Å²) < 4.78 is 12.5. The van der Waals surface area contributed by atoms with Gasteiger partial charge in [0, 0.05) is 56.0 Å². The van der Waals surface area contributed by atoms with Crippen LogP contribution in [0.5, 0.6) is 0 Å². The third-order valence-electron chi connectivity index (χ3n) is 1.28. The highest BCUT2D eigenvalue weighted by molar-refractivity contribution is 5.72. The van der Waals surface area contributed by atoms with Gasteiger partial charge in [0.25, 0.3) is 0 Å². The molecule has 0 aliphatic heterocycles. The molecular formula is C17H40N2O7. The minimum absolute atomic E-state index is 0.00463. The first-order chi connectivity index (χ1) is 11.9. The normalized spacial score (nSPS) is 6.62. The lowest BCUT2D eigenvalue weighted by atomic mass is 10.6. The minimum Gasteiger partial charge on any atom is -0.469 e. The summed E-state index contributed by atoms with van der Waals surface area (Å²) in [7, 11) is 9.15. The molecule has 0 rings (SSSR count). The fourth-order valence-electron chi connectivity index (χ4n) is 0. The molecule has 0 aliphatic carbocycles. The van der Waals surface area contributed by atoms with E-state index in [0.717, 1.165) is 0 Å². The highest BCUT2D eigenvalue weighted by Crippen LogP contribution is 1.60. The number of carbonyl (C=O) groups is 4. The van der Waals surface area contributed by atoms with Crippen LogP contribution in [-0.4, -0.2) is 66.3 Å². The zero-order chi connectivity index (χ0) is 22.6. The zero-order valence-corrected chi connectivity index (χ0v) is 18.6. The summed E-state index contributed by atoms with van der Waals surface area (Å²) in [6.45, 7) is 9.92. The summed E-state index contributed by atoms with van der Waals surface area (Å²) in [6.07, 6.45) is 1.25. The van der Waals surface area contributed by atoms with Crippen LogP contribution in [0.1, 0.15) is 48.0 Å². The van der Waals surface area contributed by atoms with Gasteiger partial charge in [-0.05, 0) is 0 Å². The second-order valence-corrected chi connectivity index (χ2v) is 4.12. The molecule has 0 spiro atoms. The maximum absolute atomic E-state index is 9.70. The van der Waals surface area contributed by atoms with Crippen molar-refractivity contribution in [3.8, 4) is 0 Å². The molecule has 0 aliphatic rings. The van der Waals surface area contributed by atoms with Gasteiger partial charge in [-0.3, -0.25) is 19.2 Å². The Morgan fingerprint density at radius 3 is 0.731 bits per heavy atom. The molecule has 0 radical (unpaired) electrons. The van der Waals surface area contributed by atoms with Crippen molar-refractivity contribution in [2.45, 2.75) is 48.0 Å². The average molecular weight is 385 g/mol. The summed E-state index contributed by atoms with van der Waals surface area (Å²) >= 11 is 0. The van der Waals surface area contributed by atoms with Gasteiger partial charge in [-0.2, -0.15) is 0 Å². The van der Waals surface area contributed by atoms with Crippen LogP contribution in [0.3, 0.4) is 0 Å². The molecule has 0 aromatic heterocycles. The predicted octanol–water partition coefficient (Wildman–Crippen LogP) is 1.54. The predicted molar refractivity (Wildman–Crippen MR) is 104 cm³/mol. The largest absolute Gasteiger partial charge is 0.469 e. The molecule has 160 valence electrons. The van der Waals surface area contributed by atoms with Gasteiger partial charge in [-0.1, -0.05) is 20.3 Å². The number of hydrogen-bond donors (Lipinski definition) is 2. The van der Waals surface area contributed by atoms with Gasteiger partial charge in [-0.25, -0.2) is 0 Å². The molecule has 2 amide bonds. The molecular weight excluding hydrogens is 344 g/mol. The lowest BCUT2D eigenvalue weighted by Gasteiger charge is -1.80. The zero-order valence-electron chi connectivity index (χ0n) is 18.6. The number of methoxy groups -OCH3 is 3. The highest BCUT2D eigenvalue weighted by atomic mass is 16.5. The first-order valence-electron chi connectivity index (χ1n) is 7.77. The van der Waals surface area contributed by atoms with Gasteiger partial charge < -0.3 is 24.8 Å². The second kappa shape index (κ2) is 43.4. The van der Waals surface area contributed by atoms with Crippen molar-refractivity contribution in [2.75, 3.05) is 42.5 Å². The van der Waals surface area contributed by atoms with Crippen LogP contribution in [0, 0.1) is 0 Å². The quantitative estimate of drug-likeness (QED) is 0.608. The first kappa shape index (κ1) is 39.1. The van der Waals surface area contributed by atoms with Crippen molar-refractivity contribution < 1.29 is 33.4 Å². The van der Waals surface area contributed by atoms with Crippen molar-refractivity contribution in [2.24, 2.45) is 0 Å². The summed E-state index contributed by atoms with van der Waals surface area (Å²) in [5, 5.41) is 4.78. The van der Waals surface area contributed by atoms with E-state index in [1.54, 1.807) is 28.3 Å². The van der Waals surface area contributed by atoms with Crippen molar-refractivity contribution in [1.29, 1.82) is 0 Å². The Bertz CT molecular complexity index is 251. The van der Waals surface area contributed by atoms with E-state index in [9.17, 15) is 19.2 Å². The SMILES string of the molecule is CCC.CNC(C)=O.CNC(C)=O.COC.COC(C)=O.COC(C)=O. The Morgan fingerprint density at radius 2 is 0.731 bits per heavy atom. The average Bonchev–Trinajstić information content (AvgIpc) is 2.57. The fraction of sp³-hybridized carbons (Fsp3) is 0.765. The van der Waals surface area contributed by atoms with E-state index in [4.69, 9.17) is 0 Å². The van der Waals surface area contributed by atoms with Crippen LogP contribution >= 0.6 is 0 Å². The Balaban J connectivity index is -0.0000000468. The molecule has 0 aromatic rings. The standard InChI is InChI=1S/2C3H7NO.2C3H6O2.C3H8.C2H6O/c2*1-3(5)4-2;2*1-3(4)5-2;2*1-3-2/h2*1-2H3,(H,4,5);2*1-2H3;3H2,1-2H3;1-2H3. The lowest BCUT2D eigenvalue weighted by molar-refractivity contribution is -0.138. The lowest BCUT2D eigenvalue weighted by Crippen LogP contribution is -2.11. The van der Waals surface area contributed by atoms with E-state index in [1.165, 1.54) is 48.3 Å². The number of hydrogen-bond acceptors (Lipinski definition) is 7. The summed E-state index contributed by atoms with van der Waals surface area (Å²) in [4.78, 5) is 38.6. The van der Waals surface area contributed by atoms with Gasteiger partial charge >= 0.3 is 11.9 Å². The molecule has 0 bridgehead atoms. The van der Waals surface area contributed by atoms with E-state index in [0.29, 0.717) is 0 Å². The molecule has 0 saturated carbocycles. The van der Waals surface area contributed by atoms with E-state index >= 15 is 0 Å². The second-order valence-electron chi connectivity index (χ2n) is 4.12. The number of esters is 2. The topological polar surface area (TPSA) is 120 Å². The third kappa shape index (κ3) is 278. The molecule has 0 heterocycles. The Kier molecular flexibility index (Phi) is 65.3. The van der Waals surface area contributed by atoms with Crippen molar-refractivity contribution in [1.82, 2.24) is 10.6 Å².